The second-order valence-electron chi connectivity index (χ2n) is 5.28. The lowest BCUT2D eigenvalue weighted by atomic mass is 10.2. The highest BCUT2D eigenvalue weighted by atomic mass is 32.1. The monoisotopic (exact) mass is 341 g/mol. The van der Waals surface area contributed by atoms with Crippen molar-refractivity contribution in [3.63, 3.8) is 0 Å². The van der Waals surface area contributed by atoms with Crippen molar-refractivity contribution in [1.82, 2.24) is 4.98 Å². The average molecular weight is 341 g/mol. The molecule has 1 aromatic heterocycles. The van der Waals surface area contributed by atoms with Crippen LogP contribution >= 0.6 is 11.3 Å². The minimum absolute atomic E-state index is 0.324. The Balaban J connectivity index is 1.76. The summed E-state index contributed by atoms with van der Waals surface area (Å²) in [6.07, 6.45) is -0.00315. The molecular weight excluding hydrogens is 322 g/mol. The molecule has 5 heteroatoms. The molecule has 0 radical (unpaired) electrons. The van der Waals surface area contributed by atoms with Gasteiger partial charge in [-0.15, -0.1) is 11.3 Å². The number of carbonyl (C=O) groups excluding carboxylic acids is 1. The minimum atomic E-state index is -0.571. The number of hydrogen-bond donors (Lipinski definition) is 0. The summed E-state index contributed by atoms with van der Waals surface area (Å²) in [4.78, 5) is 16.5. The van der Waals surface area contributed by atoms with Crippen molar-refractivity contribution in [2.24, 2.45) is 0 Å². The van der Waals surface area contributed by atoms with Gasteiger partial charge in [-0.25, -0.2) is 9.78 Å². The van der Waals surface area contributed by atoms with Crippen LogP contribution in [0.25, 0.3) is 20.8 Å². The molecule has 0 fully saturated rings. The molecule has 0 aliphatic carbocycles. The van der Waals surface area contributed by atoms with Gasteiger partial charge < -0.3 is 9.47 Å². The SMILES string of the molecule is CCOC(=O)C(CC)Oc1ccc(-c2nc3ccccc3s2)cc1. The number of rotatable bonds is 6. The first-order valence-electron chi connectivity index (χ1n) is 8.00. The number of thiazole rings is 1. The molecule has 0 aliphatic rings. The molecule has 2 aromatic carbocycles. The number of hydrogen-bond acceptors (Lipinski definition) is 5. The van der Waals surface area contributed by atoms with Crippen LogP contribution in [-0.2, 0) is 9.53 Å². The highest BCUT2D eigenvalue weighted by Gasteiger charge is 2.19. The van der Waals surface area contributed by atoms with Crippen LogP contribution in [0.15, 0.2) is 48.5 Å². The molecule has 0 N–H and O–H groups in total. The highest BCUT2D eigenvalue weighted by Crippen LogP contribution is 2.31. The Morgan fingerprint density at radius 3 is 2.54 bits per heavy atom. The van der Waals surface area contributed by atoms with E-state index in [-0.39, 0.29) is 5.97 Å². The number of benzene rings is 2. The van der Waals surface area contributed by atoms with Crippen molar-refractivity contribution < 1.29 is 14.3 Å². The van der Waals surface area contributed by atoms with E-state index >= 15 is 0 Å². The van der Waals surface area contributed by atoms with Gasteiger partial charge in [0.1, 0.15) is 10.8 Å². The highest BCUT2D eigenvalue weighted by molar-refractivity contribution is 7.21. The molecule has 1 heterocycles. The quantitative estimate of drug-likeness (QED) is 0.611. The molecule has 0 aliphatic heterocycles. The first kappa shape index (κ1) is 16.5. The maximum absolute atomic E-state index is 11.8. The fourth-order valence-corrected chi connectivity index (χ4v) is 3.34. The molecule has 124 valence electrons. The topological polar surface area (TPSA) is 48.4 Å². The third-order valence-electron chi connectivity index (χ3n) is 3.59. The van der Waals surface area contributed by atoms with E-state index in [9.17, 15) is 4.79 Å². The van der Waals surface area contributed by atoms with Crippen LogP contribution in [-0.4, -0.2) is 23.7 Å². The Labute approximate surface area is 145 Å². The zero-order valence-corrected chi connectivity index (χ0v) is 14.5. The van der Waals surface area contributed by atoms with Crippen LogP contribution < -0.4 is 4.74 Å². The Hall–Kier alpha value is -2.40. The lowest BCUT2D eigenvalue weighted by Crippen LogP contribution is -2.28. The van der Waals surface area contributed by atoms with Gasteiger partial charge in [-0.05, 0) is 49.7 Å². The van der Waals surface area contributed by atoms with Crippen LogP contribution in [0.1, 0.15) is 20.3 Å². The molecule has 4 nitrogen and oxygen atoms in total. The molecular formula is C19H19NO3S. The average Bonchev–Trinajstić information content (AvgIpc) is 3.04. The smallest absolute Gasteiger partial charge is 0.347 e. The van der Waals surface area contributed by atoms with Gasteiger partial charge in [-0.3, -0.25) is 0 Å². The third-order valence-corrected chi connectivity index (χ3v) is 4.68. The summed E-state index contributed by atoms with van der Waals surface area (Å²) in [6.45, 7) is 4.05. The van der Waals surface area contributed by atoms with E-state index in [4.69, 9.17) is 9.47 Å². The summed E-state index contributed by atoms with van der Waals surface area (Å²) in [6, 6.07) is 15.7. The number of ether oxygens (including phenoxy) is 2. The van der Waals surface area contributed by atoms with Gasteiger partial charge in [-0.1, -0.05) is 19.1 Å². The minimum Gasteiger partial charge on any atom is -0.479 e. The van der Waals surface area contributed by atoms with E-state index in [0.717, 1.165) is 16.1 Å². The van der Waals surface area contributed by atoms with Gasteiger partial charge in [0.15, 0.2) is 6.10 Å². The summed E-state index contributed by atoms with van der Waals surface area (Å²) in [7, 11) is 0. The number of aromatic nitrogens is 1. The number of esters is 1. The van der Waals surface area contributed by atoms with E-state index < -0.39 is 6.10 Å². The van der Waals surface area contributed by atoms with Crippen LogP contribution in [0.5, 0.6) is 5.75 Å². The molecule has 3 rings (SSSR count). The lowest BCUT2D eigenvalue weighted by molar-refractivity contribution is -0.151. The molecule has 0 saturated carbocycles. The molecule has 1 unspecified atom stereocenters. The molecule has 1 atom stereocenters. The van der Waals surface area contributed by atoms with Crippen molar-refractivity contribution in [1.29, 1.82) is 0 Å². The molecule has 0 saturated heterocycles. The van der Waals surface area contributed by atoms with E-state index in [1.165, 1.54) is 4.70 Å². The normalized spacial score (nSPS) is 12.1. The number of carbonyl (C=O) groups is 1. The first-order valence-corrected chi connectivity index (χ1v) is 8.82. The molecule has 24 heavy (non-hydrogen) atoms. The summed E-state index contributed by atoms with van der Waals surface area (Å²) in [5, 5.41) is 0.972. The number of nitrogens with zero attached hydrogens (tertiary/aromatic N) is 1. The second kappa shape index (κ2) is 7.45. The van der Waals surface area contributed by atoms with Crippen LogP contribution in [0, 0.1) is 0 Å². The Kier molecular flexibility index (Phi) is 5.11. The van der Waals surface area contributed by atoms with Gasteiger partial charge in [-0.2, -0.15) is 0 Å². The fraction of sp³-hybridized carbons (Fsp3) is 0.263. The Morgan fingerprint density at radius 1 is 1.12 bits per heavy atom. The van der Waals surface area contributed by atoms with Gasteiger partial charge in [0.2, 0.25) is 0 Å². The predicted molar refractivity (Wildman–Crippen MR) is 96.4 cm³/mol. The summed E-state index contributed by atoms with van der Waals surface area (Å²) in [5.41, 5.74) is 2.04. The zero-order valence-electron chi connectivity index (χ0n) is 13.7. The summed E-state index contributed by atoms with van der Waals surface area (Å²) >= 11 is 1.66. The van der Waals surface area contributed by atoms with Crippen LogP contribution in [0.3, 0.4) is 0 Å². The zero-order chi connectivity index (χ0) is 16.9. The van der Waals surface area contributed by atoms with E-state index in [0.29, 0.717) is 18.8 Å². The number of para-hydroxylation sites is 1. The maximum Gasteiger partial charge on any atom is 0.347 e. The first-order chi connectivity index (χ1) is 11.7. The largest absolute Gasteiger partial charge is 0.479 e. The van der Waals surface area contributed by atoms with E-state index in [1.807, 2.05) is 49.4 Å². The Morgan fingerprint density at radius 2 is 1.88 bits per heavy atom. The maximum atomic E-state index is 11.8. The summed E-state index contributed by atoms with van der Waals surface area (Å²) < 4.78 is 11.9. The molecule has 0 amide bonds. The summed E-state index contributed by atoms with van der Waals surface area (Å²) in [5.74, 6) is 0.329. The van der Waals surface area contributed by atoms with Crippen molar-refractivity contribution in [2.45, 2.75) is 26.4 Å². The molecule has 0 bridgehead atoms. The van der Waals surface area contributed by atoms with Crippen molar-refractivity contribution in [3.8, 4) is 16.3 Å². The van der Waals surface area contributed by atoms with Gasteiger partial charge in [0.05, 0.1) is 16.8 Å². The molecule has 3 aromatic rings. The fourth-order valence-electron chi connectivity index (χ4n) is 2.37. The number of fused-ring (bicyclic) bond motifs is 1. The van der Waals surface area contributed by atoms with Gasteiger partial charge >= 0.3 is 5.97 Å². The Bertz CT molecular complexity index is 793. The van der Waals surface area contributed by atoms with E-state index in [1.54, 1.807) is 18.3 Å². The van der Waals surface area contributed by atoms with Crippen LogP contribution in [0.2, 0.25) is 0 Å². The lowest BCUT2D eigenvalue weighted by Gasteiger charge is -2.16. The molecule has 0 spiro atoms. The van der Waals surface area contributed by atoms with Gasteiger partial charge in [0, 0.05) is 5.56 Å². The van der Waals surface area contributed by atoms with Crippen molar-refractivity contribution in [2.75, 3.05) is 6.61 Å². The van der Waals surface area contributed by atoms with Crippen molar-refractivity contribution >= 4 is 27.5 Å². The van der Waals surface area contributed by atoms with Gasteiger partial charge in [0.25, 0.3) is 0 Å². The standard InChI is InChI=1S/C19H19NO3S/c1-3-16(19(21)22-4-2)23-14-11-9-13(10-12-14)18-20-15-7-5-6-8-17(15)24-18/h5-12,16H,3-4H2,1-2H3. The van der Waals surface area contributed by atoms with Crippen LogP contribution in [0.4, 0.5) is 0 Å². The second-order valence-corrected chi connectivity index (χ2v) is 6.31. The van der Waals surface area contributed by atoms with Crippen molar-refractivity contribution in [3.05, 3.63) is 48.5 Å². The predicted octanol–water partition coefficient (Wildman–Crippen LogP) is 4.68. The van der Waals surface area contributed by atoms with E-state index in [2.05, 4.69) is 11.1 Å². The third kappa shape index (κ3) is 3.57.